The molecule has 0 fully saturated rings. The summed E-state index contributed by atoms with van der Waals surface area (Å²) in [4.78, 5) is 27.7. The number of aromatic nitrogens is 1. The van der Waals surface area contributed by atoms with Gasteiger partial charge in [0, 0.05) is 11.4 Å². The third-order valence-electron chi connectivity index (χ3n) is 3.40. The molecule has 0 aliphatic carbocycles. The summed E-state index contributed by atoms with van der Waals surface area (Å²) in [6, 6.07) is 4.91. The molecule has 2 rings (SSSR count). The first-order valence-electron chi connectivity index (χ1n) is 7.33. The molecule has 1 aromatic heterocycles. The Hall–Kier alpha value is -1.98. The zero-order chi connectivity index (χ0) is 17.9. The molecule has 0 unspecified atom stereocenters. The van der Waals surface area contributed by atoms with E-state index in [-0.39, 0.29) is 35.9 Å². The standard InChI is InChI=1S/C17H17Cl2NO4/c1-4-23-17(22)15-10(3)20-9(2)14(15)13(21)8-24-16-11(18)6-5-7-12(16)19/h5-7,20H,4,8H2,1-3H3. The third-order valence-corrected chi connectivity index (χ3v) is 4.00. The van der Waals surface area contributed by atoms with Gasteiger partial charge in [0.15, 0.2) is 12.4 Å². The Balaban J connectivity index is 2.26. The summed E-state index contributed by atoms with van der Waals surface area (Å²) in [5.41, 5.74) is 1.64. The molecule has 1 N–H and O–H groups in total. The minimum atomic E-state index is -0.543. The van der Waals surface area contributed by atoms with Gasteiger partial charge in [0.25, 0.3) is 0 Å². The van der Waals surface area contributed by atoms with E-state index in [0.29, 0.717) is 21.4 Å². The molecule has 1 heterocycles. The summed E-state index contributed by atoms with van der Waals surface area (Å²) in [5.74, 6) is -0.675. The fourth-order valence-corrected chi connectivity index (χ4v) is 2.93. The number of rotatable bonds is 6. The highest BCUT2D eigenvalue weighted by Gasteiger charge is 2.25. The van der Waals surface area contributed by atoms with E-state index in [0.717, 1.165) is 0 Å². The zero-order valence-electron chi connectivity index (χ0n) is 13.5. The number of carbonyl (C=O) groups is 2. The number of ether oxygens (including phenoxy) is 2. The molecule has 0 radical (unpaired) electrons. The lowest BCUT2D eigenvalue weighted by Crippen LogP contribution is -2.17. The second kappa shape index (κ2) is 7.73. The molecule has 0 saturated carbocycles. The van der Waals surface area contributed by atoms with Crippen LogP contribution in [0.4, 0.5) is 0 Å². The zero-order valence-corrected chi connectivity index (χ0v) is 15.0. The monoisotopic (exact) mass is 369 g/mol. The second-order valence-electron chi connectivity index (χ2n) is 5.11. The van der Waals surface area contributed by atoms with Gasteiger partial charge in [-0.2, -0.15) is 0 Å². The Morgan fingerprint density at radius 2 is 1.67 bits per heavy atom. The van der Waals surface area contributed by atoms with Gasteiger partial charge >= 0.3 is 5.97 Å². The van der Waals surface area contributed by atoms with Gasteiger partial charge in [0.1, 0.15) is 0 Å². The van der Waals surface area contributed by atoms with Gasteiger partial charge in [-0.25, -0.2) is 4.79 Å². The lowest BCUT2D eigenvalue weighted by Gasteiger charge is -2.10. The molecule has 1 aromatic carbocycles. The van der Waals surface area contributed by atoms with Crippen LogP contribution in [0, 0.1) is 13.8 Å². The Morgan fingerprint density at radius 3 is 2.25 bits per heavy atom. The molecule has 24 heavy (non-hydrogen) atoms. The number of benzene rings is 1. The Morgan fingerprint density at radius 1 is 1.08 bits per heavy atom. The van der Waals surface area contributed by atoms with E-state index in [4.69, 9.17) is 32.7 Å². The number of ketones is 1. The van der Waals surface area contributed by atoms with Crippen molar-refractivity contribution in [3.8, 4) is 5.75 Å². The van der Waals surface area contributed by atoms with Crippen LogP contribution in [0.1, 0.15) is 39.0 Å². The molecule has 0 saturated heterocycles. The first-order valence-corrected chi connectivity index (χ1v) is 8.08. The molecule has 0 atom stereocenters. The van der Waals surface area contributed by atoms with E-state index in [1.54, 1.807) is 39.0 Å². The summed E-state index contributed by atoms with van der Waals surface area (Å²) < 4.78 is 10.5. The maximum atomic E-state index is 12.6. The van der Waals surface area contributed by atoms with E-state index >= 15 is 0 Å². The maximum absolute atomic E-state index is 12.6. The second-order valence-corrected chi connectivity index (χ2v) is 5.92. The molecule has 128 valence electrons. The number of para-hydroxylation sites is 1. The number of carbonyl (C=O) groups excluding carboxylic acids is 2. The predicted octanol–water partition coefficient (Wildman–Crippen LogP) is 4.38. The smallest absolute Gasteiger partial charge is 0.340 e. The lowest BCUT2D eigenvalue weighted by atomic mass is 10.1. The average Bonchev–Trinajstić information content (AvgIpc) is 2.81. The number of aromatic amines is 1. The van der Waals surface area contributed by atoms with Crippen LogP contribution >= 0.6 is 23.2 Å². The van der Waals surface area contributed by atoms with Crippen molar-refractivity contribution in [3.05, 3.63) is 50.8 Å². The first kappa shape index (κ1) is 18.4. The molecular formula is C17H17Cl2NO4. The van der Waals surface area contributed by atoms with Crippen LogP contribution in [-0.4, -0.2) is 30.0 Å². The van der Waals surface area contributed by atoms with Crippen LogP contribution in [0.2, 0.25) is 10.0 Å². The summed E-state index contributed by atoms with van der Waals surface area (Å²) in [5, 5.41) is 0.616. The summed E-state index contributed by atoms with van der Waals surface area (Å²) >= 11 is 12.0. The van der Waals surface area contributed by atoms with Gasteiger partial charge in [0.05, 0.1) is 27.8 Å². The van der Waals surface area contributed by atoms with Crippen molar-refractivity contribution >= 4 is 35.0 Å². The predicted molar refractivity (Wildman–Crippen MR) is 92.5 cm³/mol. The topological polar surface area (TPSA) is 68.4 Å². The molecule has 0 bridgehead atoms. The Bertz CT molecular complexity index is 763. The third kappa shape index (κ3) is 3.74. The van der Waals surface area contributed by atoms with Crippen molar-refractivity contribution < 1.29 is 19.1 Å². The average molecular weight is 370 g/mol. The maximum Gasteiger partial charge on any atom is 0.340 e. The summed E-state index contributed by atoms with van der Waals surface area (Å²) in [7, 11) is 0. The number of hydrogen-bond donors (Lipinski definition) is 1. The van der Waals surface area contributed by atoms with Gasteiger partial charge < -0.3 is 14.5 Å². The number of H-pyrrole nitrogens is 1. The van der Waals surface area contributed by atoms with Gasteiger partial charge in [-0.15, -0.1) is 0 Å². The van der Waals surface area contributed by atoms with E-state index in [9.17, 15) is 9.59 Å². The minimum absolute atomic E-state index is 0.224. The van der Waals surface area contributed by atoms with Crippen LogP contribution in [0.5, 0.6) is 5.75 Å². The number of aryl methyl sites for hydroxylation is 2. The highest BCUT2D eigenvalue weighted by Crippen LogP contribution is 2.32. The number of Topliss-reactive ketones (excluding diaryl/α,β-unsaturated/α-hetero) is 1. The van der Waals surface area contributed by atoms with Crippen LogP contribution in [0.25, 0.3) is 0 Å². The minimum Gasteiger partial charge on any atom is -0.482 e. The lowest BCUT2D eigenvalue weighted by molar-refractivity contribution is 0.0522. The van der Waals surface area contributed by atoms with Crippen molar-refractivity contribution in [2.24, 2.45) is 0 Å². The molecule has 0 amide bonds. The molecule has 5 nitrogen and oxygen atoms in total. The quantitative estimate of drug-likeness (QED) is 0.605. The van der Waals surface area contributed by atoms with Gasteiger partial charge in [-0.3, -0.25) is 4.79 Å². The molecule has 0 aliphatic heterocycles. The van der Waals surface area contributed by atoms with Crippen LogP contribution in [0.3, 0.4) is 0 Å². The van der Waals surface area contributed by atoms with Crippen LogP contribution < -0.4 is 4.74 Å². The molecule has 0 aliphatic rings. The summed E-state index contributed by atoms with van der Waals surface area (Å²) in [6.07, 6.45) is 0. The fraction of sp³-hybridized carbons (Fsp3) is 0.294. The molecule has 2 aromatic rings. The Kier molecular flexibility index (Phi) is 5.91. The van der Waals surface area contributed by atoms with E-state index < -0.39 is 5.97 Å². The van der Waals surface area contributed by atoms with Crippen molar-refractivity contribution in [2.75, 3.05) is 13.2 Å². The van der Waals surface area contributed by atoms with Crippen LogP contribution in [-0.2, 0) is 4.74 Å². The molecular weight excluding hydrogens is 353 g/mol. The highest BCUT2D eigenvalue weighted by atomic mass is 35.5. The largest absolute Gasteiger partial charge is 0.482 e. The Labute approximate surface area is 149 Å². The van der Waals surface area contributed by atoms with Gasteiger partial charge in [0.2, 0.25) is 5.78 Å². The van der Waals surface area contributed by atoms with Gasteiger partial charge in [-0.1, -0.05) is 29.3 Å². The van der Waals surface area contributed by atoms with Crippen LogP contribution in [0.15, 0.2) is 18.2 Å². The van der Waals surface area contributed by atoms with Crippen molar-refractivity contribution in [1.29, 1.82) is 0 Å². The number of esters is 1. The van der Waals surface area contributed by atoms with E-state index in [2.05, 4.69) is 4.98 Å². The van der Waals surface area contributed by atoms with Crippen molar-refractivity contribution in [3.63, 3.8) is 0 Å². The summed E-state index contributed by atoms with van der Waals surface area (Å²) in [6.45, 7) is 5.06. The van der Waals surface area contributed by atoms with E-state index in [1.165, 1.54) is 0 Å². The fourth-order valence-electron chi connectivity index (χ4n) is 2.42. The van der Waals surface area contributed by atoms with Crippen molar-refractivity contribution in [2.45, 2.75) is 20.8 Å². The van der Waals surface area contributed by atoms with E-state index in [1.807, 2.05) is 0 Å². The first-order chi connectivity index (χ1) is 11.4. The number of halogens is 2. The SMILES string of the molecule is CCOC(=O)c1c(C)[nH]c(C)c1C(=O)COc1c(Cl)cccc1Cl. The van der Waals surface area contributed by atoms with Crippen molar-refractivity contribution in [1.82, 2.24) is 4.98 Å². The van der Waals surface area contributed by atoms with Gasteiger partial charge in [-0.05, 0) is 32.9 Å². The molecule has 7 heteroatoms. The highest BCUT2D eigenvalue weighted by molar-refractivity contribution is 6.37. The number of nitrogens with one attached hydrogen (secondary N) is 1. The molecule has 0 spiro atoms. The normalized spacial score (nSPS) is 10.5. The number of hydrogen-bond acceptors (Lipinski definition) is 4.